The molecular formula is C24H26N4O3. The van der Waals surface area contributed by atoms with Gasteiger partial charge in [0.15, 0.2) is 0 Å². The van der Waals surface area contributed by atoms with Crippen LogP contribution in [0.1, 0.15) is 42.9 Å². The maximum atomic E-state index is 13.1. The Labute approximate surface area is 181 Å². The van der Waals surface area contributed by atoms with Crippen LogP contribution in [0, 0.1) is 0 Å². The second-order valence-corrected chi connectivity index (χ2v) is 7.86. The van der Waals surface area contributed by atoms with E-state index >= 15 is 0 Å². The number of benzene rings is 2. The van der Waals surface area contributed by atoms with Crippen LogP contribution in [0.25, 0.3) is 0 Å². The van der Waals surface area contributed by atoms with E-state index in [1.165, 1.54) is 5.01 Å². The number of amides is 3. The predicted molar refractivity (Wildman–Crippen MR) is 117 cm³/mol. The first-order chi connectivity index (χ1) is 15.1. The second-order valence-electron chi connectivity index (χ2n) is 7.86. The van der Waals surface area contributed by atoms with E-state index in [1.54, 1.807) is 4.90 Å². The number of hydrogen-bond donors (Lipinski definition) is 1. The van der Waals surface area contributed by atoms with Gasteiger partial charge < -0.3 is 10.2 Å². The Balaban J connectivity index is 1.49. The van der Waals surface area contributed by atoms with Gasteiger partial charge >= 0.3 is 0 Å². The molecule has 2 aromatic carbocycles. The quantitative estimate of drug-likeness (QED) is 0.751. The maximum absolute atomic E-state index is 13.1. The van der Waals surface area contributed by atoms with Gasteiger partial charge in [-0.3, -0.25) is 14.4 Å². The first-order valence-electron chi connectivity index (χ1n) is 10.7. The van der Waals surface area contributed by atoms with Gasteiger partial charge in [-0.25, -0.2) is 5.01 Å². The Kier molecular flexibility index (Phi) is 6.40. The summed E-state index contributed by atoms with van der Waals surface area (Å²) < 4.78 is 0. The molecule has 0 unspecified atom stereocenters. The van der Waals surface area contributed by atoms with E-state index in [4.69, 9.17) is 0 Å². The average Bonchev–Trinajstić information content (AvgIpc) is 3.20. The third-order valence-corrected chi connectivity index (χ3v) is 5.62. The summed E-state index contributed by atoms with van der Waals surface area (Å²) in [5.41, 5.74) is 2.23. The topological polar surface area (TPSA) is 82.1 Å². The first kappa shape index (κ1) is 20.8. The largest absolute Gasteiger partial charge is 0.342 e. The van der Waals surface area contributed by atoms with E-state index in [0.29, 0.717) is 38.2 Å². The molecule has 0 aromatic heterocycles. The molecule has 3 amide bonds. The van der Waals surface area contributed by atoms with Crippen molar-refractivity contribution in [2.45, 2.75) is 38.3 Å². The first-order valence-corrected chi connectivity index (χ1v) is 10.7. The summed E-state index contributed by atoms with van der Waals surface area (Å²) in [7, 11) is 0. The lowest BCUT2D eigenvalue weighted by molar-refractivity contribution is -0.132. The maximum Gasteiger partial charge on any atom is 0.268 e. The van der Waals surface area contributed by atoms with Gasteiger partial charge in [0.1, 0.15) is 5.71 Å². The SMILES string of the molecule is O=C(N[C@@H](CN1CCCC1=O)c1ccccc1)C1=NN(Cc2ccccc2)C(=O)CC1. The molecule has 1 fully saturated rings. The Morgan fingerprint density at radius 2 is 1.65 bits per heavy atom. The summed E-state index contributed by atoms with van der Waals surface area (Å²) in [4.78, 5) is 39.3. The second kappa shape index (κ2) is 9.55. The van der Waals surface area contributed by atoms with Crippen LogP contribution in [0.3, 0.4) is 0 Å². The highest BCUT2D eigenvalue weighted by atomic mass is 16.2. The van der Waals surface area contributed by atoms with E-state index in [1.807, 2.05) is 60.7 Å². The molecule has 160 valence electrons. The van der Waals surface area contributed by atoms with E-state index in [0.717, 1.165) is 17.5 Å². The van der Waals surface area contributed by atoms with E-state index < -0.39 is 0 Å². The molecule has 0 spiro atoms. The summed E-state index contributed by atoms with van der Waals surface area (Å²) in [5.74, 6) is -0.279. The molecule has 4 rings (SSSR count). The highest BCUT2D eigenvalue weighted by molar-refractivity contribution is 6.39. The Hall–Kier alpha value is -3.48. The van der Waals surface area contributed by atoms with Crippen molar-refractivity contribution in [2.24, 2.45) is 5.10 Å². The van der Waals surface area contributed by atoms with Crippen molar-refractivity contribution >= 4 is 23.4 Å². The highest BCUT2D eigenvalue weighted by Gasteiger charge is 2.29. The number of hydrogen-bond acceptors (Lipinski definition) is 4. The van der Waals surface area contributed by atoms with Crippen LogP contribution in [0.2, 0.25) is 0 Å². The normalized spacial score (nSPS) is 17.5. The van der Waals surface area contributed by atoms with Crippen LogP contribution in [-0.2, 0) is 20.9 Å². The predicted octanol–water partition coefficient (Wildman–Crippen LogP) is 2.64. The van der Waals surface area contributed by atoms with Crippen LogP contribution in [0.15, 0.2) is 65.8 Å². The third kappa shape index (κ3) is 5.17. The van der Waals surface area contributed by atoms with Crippen LogP contribution < -0.4 is 5.32 Å². The number of carbonyl (C=O) groups is 3. The summed E-state index contributed by atoms with van der Waals surface area (Å²) in [6.07, 6.45) is 1.95. The zero-order valence-electron chi connectivity index (χ0n) is 17.4. The van der Waals surface area contributed by atoms with Crippen LogP contribution >= 0.6 is 0 Å². The molecule has 2 aromatic rings. The molecule has 0 radical (unpaired) electrons. The van der Waals surface area contributed by atoms with Crippen LogP contribution in [0.4, 0.5) is 0 Å². The zero-order chi connectivity index (χ0) is 21.6. The molecule has 1 saturated heterocycles. The Morgan fingerprint density at radius 1 is 0.935 bits per heavy atom. The van der Waals surface area contributed by atoms with Gasteiger partial charge in [-0.15, -0.1) is 0 Å². The molecule has 2 aliphatic heterocycles. The summed E-state index contributed by atoms with van der Waals surface area (Å²) in [5, 5.41) is 8.78. The van der Waals surface area contributed by atoms with Crippen LogP contribution in [-0.4, -0.2) is 46.4 Å². The molecule has 31 heavy (non-hydrogen) atoms. The number of likely N-dealkylation sites (tertiary alicyclic amines) is 1. The third-order valence-electron chi connectivity index (χ3n) is 5.62. The monoisotopic (exact) mass is 418 g/mol. The van der Waals surface area contributed by atoms with Crippen molar-refractivity contribution in [2.75, 3.05) is 13.1 Å². The van der Waals surface area contributed by atoms with Crippen molar-refractivity contribution in [3.63, 3.8) is 0 Å². The molecule has 0 bridgehead atoms. The molecule has 2 aliphatic rings. The molecule has 1 N–H and O–H groups in total. The van der Waals surface area contributed by atoms with Crippen molar-refractivity contribution in [3.05, 3.63) is 71.8 Å². The van der Waals surface area contributed by atoms with Crippen molar-refractivity contribution in [3.8, 4) is 0 Å². The minimum Gasteiger partial charge on any atom is -0.342 e. The minimum absolute atomic E-state index is 0.0947. The number of nitrogens with zero attached hydrogens (tertiary/aromatic N) is 3. The molecule has 0 aliphatic carbocycles. The molecule has 7 nitrogen and oxygen atoms in total. The lowest BCUT2D eigenvalue weighted by Crippen LogP contribution is -2.43. The van der Waals surface area contributed by atoms with E-state index in [2.05, 4.69) is 10.4 Å². The zero-order valence-corrected chi connectivity index (χ0v) is 17.4. The summed E-state index contributed by atoms with van der Waals surface area (Å²) in [6.45, 7) is 1.47. The van der Waals surface area contributed by atoms with Gasteiger partial charge in [0.25, 0.3) is 5.91 Å². The van der Waals surface area contributed by atoms with Gasteiger partial charge in [-0.05, 0) is 17.5 Å². The van der Waals surface area contributed by atoms with E-state index in [-0.39, 0.29) is 30.2 Å². The number of nitrogens with one attached hydrogen (secondary N) is 1. The number of rotatable bonds is 7. The van der Waals surface area contributed by atoms with Crippen LogP contribution in [0.5, 0.6) is 0 Å². The van der Waals surface area contributed by atoms with Gasteiger partial charge in [0.2, 0.25) is 11.8 Å². The average molecular weight is 418 g/mol. The van der Waals surface area contributed by atoms with E-state index in [9.17, 15) is 14.4 Å². The van der Waals surface area contributed by atoms with Crippen molar-refractivity contribution in [1.29, 1.82) is 0 Å². The summed E-state index contributed by atoms with van der Waals surface area (Å²) >= 11 is 0. The molecule has 1 atom stereocenters. The number of carbonyl (C=O) groups excluding carboxylic acids is 3. The standard InChI is InChI=1S/C24H26N4O3/c29-22-12-7-15-27(22)17-21(19-10-5-2-6-11-19)25-24(31)20-13-14-23(30)28(26-20)16-18-8-3-1-4-9-18/h1-6,8-11,21H,7,12-17H2,(H,25,31)/t21-/m0/s1. The highest BCUT2D eigenvalue weighted by Crippen LogP contribution is 2.20. The fourth-order valence-electron chi connectivity index (χ4n) is 3.92. The van der Waals surface area contributed by atoms with Gasteiger partial charge in [-0.2, -0.15) is 5.10 Å². The molecule has 0 saturated carbocycles. The van der Waals surface area contributed by atoms with Gasteiger partial charge in [0.05, 0.1) is 12.6 Å². The Bertz CT molecular complexity index is 975. The molecule has 2 heterocycles. The smallest absolute Gasteiger partial charge is 0.268 e. The number of hydrazone groups is 1. The fraction of sp³-hybridized carbons (Fsp3) is 0.333. The fourth-order valence-corrected chi connectivity index (χ4v) is 3.92. The van der Waals surface area contributed by atoms with Crippen molar-refractivity contribution in [1.82, 2.24) is 15.2 Å². The lowest BCUT2D eigenvalue weighted by Gasteiger charge is -2.27. The van der Waals surface area contributed by atoms with Gasteiger partial charge in [-0.1, -0.05) is 60.7 Å². The molecule has 7 heteroatoms. The summed E-state index contributed by atoms with van der Waals surface area (Å²) in [6, 6.07) is 18.9. The van der Waals surface area contributed by atoms with Gasteiger partial charge in [0, 0.05) is 32.4 Å². The van der Waals surface area contributed by atoms with Crippen molar-refractivity contribution < 1.29 is 14.4 Å². The molecular weight excluding hydrogens is 392 g/mol. The Morgan fingerprint density at radius 3 is 2.32 bits per heavy atom. The lowest BCUT2D eigenvalue weighted by atomic mass is 10.0. The minimum atomic E-state index is -0.335.